The fourth-order valence-corrected chi connectivity index (χ4v) is 2.72. The maximum Gasteiger partial charge on any atom is 0.0718 e. The average molecular weight is 292 g/mol. The van der Waals surface area contributed by atoms with Gasteiger partial charge in [-0.15, -0.1) is 0 Å². The van der Waals surface area contributed by atoms with E-state index in [2.05, 4.69) is 27.8 Å². The minimum absolute atomic E-state index is 0.0303. The summed E-state index contributed by atoms with van der Waals surface area (Å²) in [5.41, 5.74) is 7.49. The van der Waals surface area contributed by atoms with Crippen molar-refractivity contribution in [2.75, 3.05) is 37.6 Å². The van der Waals surface area contributed by atoms with E-state index in [4.69, 9.17) is 5.73 Å². The molecule has 1 aliphatic rings. The van der Waals surface area contributed by atoms with E-state index in [0.717, 1.165) is 50.5 Å². The maximum absolute atomic E-state index is 9.88. The standard InChI is InChI=1S/C16H28N4O/c1-4-14(17)15-6-5-13(11-18-15)20-9-7-19(8-10-20)12-16(2,3)21/h5-6,11,14,21H,4,7-10,12,17H2,1-3H3. The number of pyridine rings is 1. The third-order valence-corrected chi connectivity index (χ3v) is 3.94. The van der Waals surface area contributed by atoms with E-state index in [1.54, 1.807) is 0 Å². The average Bonchev–Trinajstić information content (AvgIpc) is 2.46. The van der Waals surface area contributed by atoms with E-state index in [9.17, 15) is 5.11 Å². The van der Waals surface area contributed by atoms with Crippen LogP contribution in [0.15, 0.2) is 18.3 Å². The van der Waals surface area contributed by atoms with Crippen LogP contribution in [0.25, 0.3) is 0 Å². The first kappa shape index (κ1) is 16.2. The van der Waals surface area contributed by atoms with Gasteiger partial charge in [0.05, 0.1) is 23.2 Å². The third-order valence-electron chi connectivity index (χ3n) is 3.94. The first-order valence-corrected chi connectivity index (χ1v) is 7.80. The number of hydrogen-bond donors (Lipinski definition) is 2. The highest BCUT2D eigenvalue weighted by Crippen LogP contribution is 2.19. The van der Waals surface area contributed by atoms with Gasteiger partial charge in [-0.2, -0.15) is 0 Å². The van der Waals surface area contributed by atoms with Gasteiger partial charge in [-0.25, -0.2) is 0 Å². The summed E-state index contributed by atoms with van der Waals surface area (Å²) >= 11 is 0. The predicted molar refractivity (Wildman–Crippen MR) is 86.4 cm³/mol. The van der Waals surface area contributed by atoms with Crippen LogP contribution in [0.1, 0.15) is 38.9 Å². The van der Waals surface area contributed by atoms with E-state index in [0.29, 0.717) is 0 Å². The number of nitrogens with zero attached hydrogens (tertiary/aromatic N) is 3. The molecule has 1 aromatic heterocycles. The topological polar surface area (TPSA) is 65.6 Å². The van der Waals surface area contributed by atoms with Crippen LogP contribution >= 0.6 is 0 Å². The second-order valence-electron chi connectivity index (χ2n) is 6.53. The molecule has 1 aliphatic heterocycles. The third kappa shape index (κ3) is 4.66. The van der Waals surface area contributed by atoms with Crippen LogP contribution in [0.5, 0.6) is 0 Å². The van der Waals surface area contributed by atoms with Gasteiger partial charge >= 0.3 is 0 Å². The number of aromatic nitrogens is 1. The molecule has 0 aromatic carbocycles. The number of anilines is 1. The molecule has 0 spiro atoms. The minimum Gasteiger partial charge on any atom is -0.389 e. The summed E-state index contributed by atoms with van der Waals surface area (Å²) in [7, 11) is 0. The molecule has 1 saturated heterocycles. The monoisotopic (exact) mass is 292 g/mol. The highest BCUT2D eigenvalue weighted by molar-refractivity contribution is 5.45. The molecular formula is C16H28N4O. The fraction of sp³-hybridized carbons (Fsp3) is 0.688. The lowest BCUT2D eigenvalue weighted by molar-refractivity contribution is 0.0345. The molecule has 2 heterocycles. The Balaban J connectivity index is 1.90. The number of β-amino-alcohol motifs (C(OH)–C–C–N with tert-alkyl or cyclic N) is 1. The quantitative estimate of drug-likeness (QED) is 0.858. The van der Waals surface area contributed by atoms with Crippen LogP contribution in [0.3, 0.4) is 0 Å². The molecule has 21 heavy (non-hydrogen) atoms. The molecule has 3 N–H and O–H groups in total. The van der Waals surface area contributed by atoms with Gasteiger partial charge in [0.2, 0.25) is 0 Å². The highest BCUT2D eigenvalue weighted by atomic mass is 16.3. The molecule has 2 rings (SSSR count). The van der Waals surface area contributed by atoms with E-state index in [1.807, 2.05) is 26.1 Å². The van der Waals surface area contributed by atoms with Crippen LogP contribution in [0, 0.1) is 0 Å². The molecular weight excluding hydrogens is 264 g/mol. The summed E-state index contributed by atoms with van der Waals surface area (Å²) in [4.78, 5) is 9.14. The second kappa shape index (κ2) is 6.73. The van der Waals surface area contributed by atoms with Crippen molar-refractivity contribution in [3.8, 4) is 0 Å². The predicted octanol–water partition coefficient (Wildman–Crippen LogP) is 1.38. The molecule has 0 radical (unpaired) electrons. The normalized spacial score (nSPS) is 18.8. The zero-order valence-electron chi connectivity index (χ0n) is 13.4. The molecule has 1 fully saturated rings. The summed E-state index contributed by atoms with van der Waals surface area (Å²) in [6, 6.07) is 4.18. The van der Waals surface area contributed by atoms with E-state index in [1.165, 1.54) is 0 Å². The Labute approximate surface area is 127 Å². The highest BCUT2D eigenvalue weighted by Gasteiger charge is 2.23. The number of aliphatic hydroxyl groups is 1. The summed E-state index contributed by atoms with van der Waals surface area (Å²) in [6.07, 6.45) is 2.83. The lowest BCUT2D eigenvalue weighted by Crippen LogP contribution is -2.50. The minimum atomic E-state index is -0.623. The molecule has 0 aliphatic carbocycles. The lowest BCUT2D eigenvalue weighted by Gasteiger charge is -2.38. The van der Waals surface area contributed by atoms with Gasteiger partial charge in [-0.3, -0.25) is 9.88 Å². The molecule has 0 bridgehead atoms. The molecule has 0 amide bonds. The fourth-order valence-electron chi connectivity index (χ4n) is 2.72. The molecule has 1 atom stereocenters. The summed E-state index contributed by atoms with van der Waals surface area (Å²) in [5, 5.41) is 9.88. The molecule has 5 heteroatoms. The van der Waals surface area contributed by atoms with Crippen molar-refractivity contribution in [1.82, 2.24) is 9.88 Å². The molecule has 0 saturated carbocycles. The molecule has 1 aromatic rings. The first-order valence-electron chi connectivity index (χ1n) is 7.80. The zero-order valence-corrected chi connectivity index (χ0v) is 13.4. The summed E-state index contributed by atoms with van der Waals surface area (Å²) in [6.45, 7) is 10.4. The van der Waals surface area contributed by atoms with Gasteiger partial charge in [0.15, 0.2) is 0 Å². The Kier molecular flexibility index (Phi) is 5.19. The summed E-state index contributed by atoms with van der Waals surface area (Å²) < 4.78 is 0. The van der Waals surface area contributed by atoms with Gasteiger partial charge in [-0.05, 0) is 32.4 Å². The number of nitrogens with two attached hydrogens (primary N) is 1. The van der Waals surface area contributed by atoms with Crippen LogP contribution in [-0.2, 0) is 0 Å². The van der Waals surface area contributed by atoms with Crippen LogP contribution in [0.2, 0.25) is 0 Å². The van der Waals surface area contributed by atoms with Gasteiger partial charge in [-0.1, -0.05) is 6.92 Å². The SMILES string of the molecule is CCC(N)c1ccc(N2CCN(CC(C)(C)O)CC2)cn1. The Morgan fingerprint density at radius 1 is 1.29 bits per heavy atom. The molecule has 5 nitrogen and oxygen atoms in total. The number of piperazine rings is 1. The van der Waals surface area contributed by atoms with E-state index in [-0.39, 0.29) is 6.04 Å². The smallest absolute Gasteiger partial charge is 0.0718 e. The van der Waals surface area contributed by atoms with Crippen molar-refractivity contribution in [1.29, 1.82) is 0 Å². The van der Waals surface area contributed by atoms with Crippen molar-refractivity contribution < 1.29 is 5.11 Å². The van der Waals surface area contributed by atoms with Crippen LogP contribution in [-0.4, -0.2) is 53.3 Å². The van der Waals surface area contributed by atoms with E-state index < -0.39 is 5.60 Å². The van der Waals surface area contributed by atoms with Crippen molar-refractivity contribution in [2.45, 2.75) is 38.8 Å². The summed E-state index contributed by atoms with van der Waals surface area (Å²) in [5.74, 6) is 0. The second-order valence-corrected chi connectivity index (χ2v) is 6.53. The molecule has 118 valence electrons. The Morgan fingerprint density at radius 3 is 2.43 bits per heavy atom. The van der Waals surface area contributed by atoms with Gasteiger partial charge < -0.3 is 15.7 Å². The van der Waals surface area contributed by atoms with E-state index >= 15 is 0 Å². The van der Waals surface area contributed by atoms with Crippen molar-refractivity contribution in [3.05, 3.63) is 24.0 Å². The maximum atomic E-state index is 9.88. The van der Waals surface area contributed by atoms with Gasteiger partial charge in [0.1, 0.15) is 0 Å². The zero-order chi connectivity index (χ0) is 15.5. The Morgan fingerprint density at radius 2 is 1.95 bits per heavy atom. The van der Waals surface area contributed by atoms with Crippen LogP contribution < -0.4 is 10.6 Å². The van der Waals surface area contributed by atoms with Gasteiger partial charge in [0.25, 0.3) is 0 Å². The Bertz CT molecular complexity index is 433. The largest absolute Gasteiger partial charge is 0.389 e. The lowest BCUT2D eigenvalue weighted by atomic mass is 10.1. The molecule has 1 unspecified atom stereocenters. The van der Waals surface area contributed by atoms with Gasteiger partial charge in [0, 0.05) is 38.8 Å². The Hall–Kier alpha value is -1.17. The van der Waals surface area contributed by atoms with Crippen LogP contribution in [0.4, 0.5) is 5.69 Å². The number of rotatable bonds is 5. The van der Waals surface area contributed by atoms with Crippen molar-refractivity contribution in [2.24, 2.45) is 5.73 Å². The first-order chi connectivity index (χ1) is 9.89. The van der Waals surface area contributed by atoms with Crippen molar-refractivity contribution in [3.63, 3.8) is 0 Å². The van der Waals surface area contributed by atoms with Crippen molar-refractivity contribution >= 4 is 5.69 Å². The number of hydrogen-bond acceptors (Lipinski definition) is 5.